The molecule has 1 fully saturated rings. The number of nitrogens with zero attached hydrogens (tertiary/aromatic N) is 4. The van der Waals surface area contributed by atoms with Crippen molar-refractivity contribution in [2.75, 3.05) is 36.5 Å². The number of amides is 2. The summed E-state index contributed by atoms with van der Waals surface area (Å²) >= 11 is 0. The third kappa shape index (κ3) is 4.52. The second-order valence-corrected chi connectivity index (χ2v) is 9.49. The van der Waals surface area contributed by atoms with E-state index in [-0.39, 0.29) is 29.7 Å². The molecular formula is C23H26N4O4S. The zero-order chi connectivity index (χ0) is 23.5. The average Bonchev–Trinajstić information content (AvgIpc) is 3.20. The fourth-order valence-electron chi connectivity index (χ4n) is 3.82. The van der Waals surface area contributed by atoms with Crippen LogP contribution in [0.25, 0.3) is 0 Å². The van der Waals surface area contributed by atoms with Crippen LogP contribution >= 0.6 is 0 Å². The smallest absolute Gasteiger partial charge is 0.243 e. The molecule has 1 aliphatic rings. The molecule has 0 saturated carbocycles. The van der Waals surface area contributed by atoms with Gasteiger partial charge in [0, 0.05) is 44.5 Å². The molecule has 1 atom stereocenters. The lowest BCUT2D eigenvalue weighted by Gasteiger charge is -2.22. The van der Waals surface area contributed by atoms with E-state index in [9.17, 15) is 18.0 Å². The summed E-state index contributed by atoms with van der Waals surface area (Å²) in [7, 11) is -1.96. The summed E-state index contributed by atoms with van der Waals surface area (Å²) in [5.41, 5.74) is 1.59. The zero-order valence-corrected chi connectivity index (χ0v) is 19.2. The van der Waals surface area contributed by atoms with Gasteiger partial charge in [-0.2, -0.15) is 9.57 Å². The van der Waals surface area contributed by atoms with Crippen LogP contribution in [-0.2, 0) is 19.6 Å². The van der Waals surface area contributed by atoms with Crippen molar-refractivity contribution in [2.45, 2.75) is 25.2 Å². The lowest BCUT2D eigenvalue weighted by atomic mass is 10.1. The van der Waals surface area contributed by atoms with E-state index in [0.29, 0.717) is 30.0 Å². The highest BCUT2D eigenvalue weighted by molar-refractivity contribution is 7.89. The highest BCUT2D eigenvalue weighted by atomic mass is 32.2. The van der Waals surface area contributed by atoms with Crippen molar-refractivity contribution >= 4 is 33.2 Å². The maximum atomic E-state index is 13.0. The standard InChI is InChI=1S/C23H26N4O4S/c1-4-26(5-2)32(30,31)21-11-9-19(10-12-21)27-16-18(14-22(27)28)23(29)25(3)20-8-6-7-17(13-20)15-24/h6-13,18H,4-5,14,16H2,1-3H3. The zero-order valence-electron chi connectivity index (χ0n) is 18.4. The molecule has 1 saturated heterocycles. The van der Waals surface area contributed by atoms with Gasteiger partial charge in [-0.3, -0.25) is 9.59 Å². The molecule has 3 rings (SSSR count). The molecule has 1 aliphatic heterocycles. The Morgan fingerprint density at radius 1 is 1.16 bits per heavy atom. The Kier molecular flexibility index (Phi) is 6.96. The molecule has 168 valence electrons. The predicted octanol–water partition coefficient (Wildman–Crippen LogP) is 2.60. The van der Waals surface area contributed by atoms with Crippen LogP contribution in [0, 0.1) is 17.2 Å². The number of hydrogen-bond acceptors (Lipinski definition) is 5. The van der Waals surface area contributed by atoms with Crippen LogP contribution in [0.5, 0.6) is 0 Å². The Morgan fingerprint density at radius 2 is 1.81 bits per heavy atom. The monoisotopic (exact) mass is 454 g/mol. The molecule has 0 bridgehead atoms. The third-order valence-electron chi connectivity index (χ3n) is 5.66. The molecule has 0 radical (unpaired) electrons. The Balaban J connectivity index is 1.75. The Morgan fingerprint density at radius 3 is 2.41 bits per heavy atom. The minimum absolute atomic E-state index is 0.0701. The fourth-order valence-corrected chi connectivity index (χ4v) is 5.28. The first-order valence-electron chi connectivity index (χ1n) is 10.4. The summed E-state index contributed by atoms with van der Waals surface area (Å²) in [5, 5.41) is 9.07. The highest BCUT2D eigenvalue weighted by Gasteiger charge is 2.37. The summed E-state index contributed by atoms with van der Waals surface area (Å²) in [6.45, 7) is 4.52. The SMILES string of the molecule is CCN(CC)S(=O)(=O)c1ccc(N2CC(C(=O)N(C)c3cccc(C#N)c3)CC2=O)cc1. The Bertz CT molecular complexity index is 1150. The van der Waals surface area contributed by atoms with E-state index in [1.54, 1.807) is 57.3 Å². The summed E-state index contributed by atoms with van der Waals surface area (Å²) in [6, 6.07) is 15.0. The fraction of sp³-hybridized carbons (Fsp3) is 0.348. The first-order valence-corrected chi connectivity index (χ1v) is 11.8. The second-order valence-electron chi connectivity index (χ2n) is 7.55. The van der Waals surface area contributed by atoms with Crippen LogP contribution in [0.15, 0.2) is 53.4 Å². The summed E-state index contributed by atoms with van der Waals surface area (Å²) < 4.78 is 26.7. The number of carbonyl (C=O) groups excluding carboxylic acids is 2. The molecule has 32 heavy (non-hydrogen) atoms. The van der Waals surface area contributed by atoms with E-state index in [1.165, 1.54) is 26.2 Å². The molecular weight excluding hydrogens is 428 g/mol. The molecule has 0 aromatic heterocycles. The van der Waals surface area contributed by atoms with E-state index >= 15 is 0 Å². The van der Waals surface area contributed by atoms with E-state index in [1.807, 2.05) is 6.07 Å². The molecule has 0 spiro atoms. The van der Waals surface area contributed by atoms with Crippen molar-refractivity contribution in [1.29, 1.82) is 5.26 Å². The minimum atomic E-state index is -3.58. The van der Waals surface area contributed by atoms with Crippen molar-refractivity contribution < 1.29 is 18.0 Å². The van der Waals surface area contributed by atoms with Gasteiger partial charge < -0.3 is 9.80 Å². The predicted molar refractivity (Wildman–Crippen MR) is 122 cm³/mol. The maximum Gasteiger partial charge on any atom is 0.243 e. The molecule has 0 aliphatic carbocycles. The maximum absolute atomic E-state index is 13.0. The third-order valence-corrected chi connectivity index (χ3v) is 7.72. The van der Waals surface area contributed by atoms with Crippen molar-refractivity contribution in [3.05, 3.63) is 54.1 Å². The largest absolute Gasteiger partial charge is 0.315 e. The molecule has 0 N–H and O–H groups in total. The Labute approximate surface area is 188 Å². The first kappa shape index (κ1) is 23.4. The van der Waals surface area contributed by atoms with Gasteiger partial charge in [-0.1, -0.05) is 19.9 Å². The number of rotatable bonds is 7. The second kappa shape index (κ2) is 9.51. The van der Waals surface area contributed by atoms with Gasteiger partial charge in [0.15, 0.2) is 0 Å². The molecule has 2 aromatic carbocycles. The van der Waals surface area contributed by atoms with Gasteiger partial charge in [0.2, 0.25) is 21.8 Å². The van der Waals surface area contributed by atoms with Crippen LogP contribution in [0.2, 0.25) is 0 Å². The highest BCUT2D eigenvalue weighted by Crippen LogP contribution is 2.29. The normalized spacial score (nSPS) is 16.3. The summed E-state index contributed by atoms with van der Waals surface area (Å²) in [6.07, 6.45) is 0.0701. The topological polar surface area (TPSA) is 102 Å². The van der Waals surface area contributed by atoms with E-state index in [4.69, 9.17) is 5.26 Å². The lowest BCUT2D eigenvalue weighted by Crippen LogP contribution is -2.34. The van der Waals surface area contributed by atoms with E-state index < -0.39 is 15.9 Å². The van der Waals surface area contributed by atoms with Gasteiger partial charge in [0.25, 0.3) is 0 Å². The molecule has 2 aromatic rings. The molecule has 8 nitrogen and oxygen atoms in total. The van der Waals surface area contributed by atoms with Crippen LogP contribution < -0.4 is 9.80 Å². The molecule has 9 heteroatoms. The Hall–Kier alpha value is -3.22. The molecule has 2 amide bonds. The van der Waals surface area contributed by atoms with E-state index in [0.717, 1.165) is 0 Å². The van der Waals surface area contributed by atoms with E-state index in [2.05, 4.69) is 0 Å². The van der Waals surface area contributed by atoms with Crippen molar-refractivity contribution in [1.82, 2.24) is 4.31 Å². The quantitative estimate of drug-likeness (QED) is 0.640. The van der Waals surface area contributed by atoms with Gasteiger partial charge in [-0.25, -0.2) is 8.42 Å². The summed E-state index contributed by atoms with van der Waals surface area (Å²) in [5.74, 6) is -0.934. The number of carbonyl (C=O) groups is 2. The average molecular weight is 455 g/mol. The number of sulfonamides is 1. The summed E-state index contributed by atoms with van der Waals surface area (Å²) in [4.78, 5) is 28.7. The number of anilines is 2. The van der Waals surface area contributed by atoms with Crippen LogP contribution in [0.4, 0.5) is 11.4 Å². The van der Waals surface area contributed by atoms with Gasteiger partial charge in [0.05, 0.1) is 22.4 Å². The van der Waals surface area contributed by atoms with Crippen molar-refractivity contribution in [3.63, 3.8) is 0 Å². The number of hydrogen-bond donors (Lipinski definition) is 0. The van der Waals surface area contributed by atoms with Crippen LogP contribution in [-0.4, -0.2) is 51.2 Å². The van der Waals surface area contributed by atoms with Crippen molar-refractivity contribution in [3.8, 4) is 6.07 Å². The minimum Gasteiger partial charge on any atom is -0.315 e. The lowest BCUT2D eigenvalue weighted by molar-refractivity contribution is -0.124. The van der Waals surface area contributed by atoms with Gasteiger partial charge in [-0.15, -0.1) is 0 Å². The van der Waals surface area contributed by atoms with Gasteiger partial charge in [-0.05, 0) is 42.5 Å². The van der Waals surface area contributed by atoms with Gasteiger partial charge in [0.1, 0.15) is 0 Å². The first-order chi connectivity index (χ1) is 15.2. The van der Waals surface area contributed by atoms with Crippen LogP contribution in [0.1, 0.15) is 25.8 Å². The molecule has 1 heterocycles. The number of benzene rings is 2. The van der Waals surface area contributed by atoms with Crippen molar-refractivity contribution in [2.24, 2.45) is 5.92 Å². The van der Waals surface area contributed by atoms with Crippen LogP contribution in [0.3, 0.4) is 0 Å². The number of nitriles is 1. The molecule has 1 unspecified atom stereocenters. The van der Waals surface area contributed by atoms with Gasteiger partial charge >= 0.3 is 0 Å².